The highest BCUT2D eigenvalue weighted by Crippen LogP contribution is 2.17. The van der Waals surface area contributed by atoms with Gasteiger partial charge in [0.25, 0.3) is 0 Å². The number of benzene rings is 2. The molecule has 0 atom stereocenters. The summed E-state index contributed by atoms with van der Waals surface area (Å²) in [5, 5.41) is 9.28. The highest BCUT2D eigenvalue weighted by atomic mass is 16.6. The molecule has 4 nitrogen and oxygen atoms in total. The first-order valence-electron chi connectivity index (χ1n) is 7.53. The molecule has 0 radical (unpaired) electrons. The lowest BCUT2D eigenvalue weighted by Gasteiger charge is -2.19. The second kappa shape index (κ2) is 7.18. The van der Waals surface area contributed by atoms with E-state index in [9.17, 15) is 9.90 Å². The van der Waals surface area contributed by atoms with Crippen LogP contribution < -0.4 is 4.74 Å². The molecule has 0 spiro atoms. The van der Waals surface area contributed by atoms with Crippen molar-refractivity contribution >= 4 is 5.97 Å². The molecule has 2 rings (SSSR count). The van der Waals surface area contributed by atoms with E-state index in [-0.39, 0.29) is 18.3 Å². The molecule has 23 heavy (non-hydrogen) atoms. The van der Waals surface area contributed by atoms with Crippen molar-refractivity contribution in [3.8, 4) is 11.5 Å². The molecule has 2 aromatic carbocycles. The molecule has 0 unspecified atom stereocenters. The van der Waals surface area contributed by atoms with Crippen LogP contribution in [0.3, 0.4) is 0 Å². The van der Waals surface area contributed by atoms with E-state index in [1.807, 2.05) is 57.2 Å². The zero-order valence-electron chi connectivity index (χ0n) is 13.7. The maximum absolute atomic E-state index is 11.6. The average molecular weight is 314 g/mol. The van der Waals surface area contributed by atoms with Gasteiger partial charge in [0.15, 0.2) is 6.61 Å². The van der Waals surface area contributed by atoms with Crippen LogP contribution in [0, 0.1) is 0 Å². The van der Waals surface area contributed by atoms with Gasteiger partial charge in [-0.25, -0.2) is 4.79 Å². The monoisotopic (exact) mass is 314 g/mol. The minimum atomic E-state index is -0.506. The predicted octanol–water partition coefficient (Wildman–Crippen LogP) is 3.70. The van der Waals surface area contributed by atoms with Crippen LogP contribution >= 0.6 is 0 Å². The Bertz CT molecular complexity index is 637. The smallest absolute Gasteiger partial charge is 0.344 e. The summed E-state index contributed by atoms with van der Waals surface area (Å²) < 4.78 is 10.6. The van der Waals surface area contributed by atoms with E-state index in [0.29, 0.717) is 5.75 Å². The van der Waals surface area contributed by atoms with E-state index in [1.165, 1.54) is 0 Å². The number of ether oxygens (including phenoxy) is 2. The molecule has 0 aliphatic carbocycles. The number of carbonyl (C=O) groups is 1. The van der Waals surface area contributed by atoms with Crippen molar-refractivity contribution in [2.45, 2.75) is 32.8 Å². The summed E-state index contributed by atoms with van der Waals surface area (Å²) in [6.45, 7) is 5.36. The lowest BCUT2D eigenvalue weighted by Crippen LogP contribution is -2.27. The van der Waals surface area contributed by atoms with Crippen molar-refractivity contribution in [2.24, 2.45) is 0 Å². The van der Waals surface area contributed by atoms with Crippen LogP contribution in [0.4, 0.5) is 0 Å². The van der Waals surface area contributed by atoms with Gasteiger partial charge in [0.05, 0.1) is 0 Å². The van der Waals surface area contributed by atoms with Crippen molar-refractivity contribution < 1.29 is 19.4 Å². The lowest BCUT2D eigenvalue weighted by atomic mass is 10.0. The van der Waals surface area contributed by atoms with Gasteiger partial charge in [0.1, 0.15) is 17.1 Å². The molecule has 1 N–H and O–H groups in total. The van der Waals surface area contributed by atoms with Crippen molar-refractivity contribution in [1.29, 1.82) is 0 Å². The SMILES string of the molecule is CC(C)(C)OC(=O)COc1ccc(Cc2ccc(O)cc2)cc1. The second-order valence-electron chi connectivity index (χ2n) is 6.36. The van der Waals surface area contributed by atoms with Gasteiger partial charge in [-0.05, 0) is 62.6 Å². The molecule has 0 fully saturated rings. The molecule has 0 aliphatic rings. The molecule has 0 aliphatic heterocycles. The van der Waals surface area contributed by atoms with Crippen molar-refractivity contribution in [1.82, 2.24) is 0 Å². The summed E-state index contributed by atoms with van der Waals surface area (Å²) in [7, 11) is 0. The summed E-state index contributed by atoms with van der Waals surface area (Å²) in [6.07, 6.45) is 0.770. The maximum Gasteiger partial charge on any atom is 0.344 e. The Hall–Kier alpha value is -2.49. The fourth-order valence-electron chi connectivity index (χ4n) is 2.07. The summed E-state index contributed by atoms with van der Waals surface area (Å²) in [6, 6.07) is 14.7. The Labute approximate surface area is 136 Å². The zero-order chi connectivity index (χ0) is 16.9. The highest BCUT2D eigenvalue weighted by molar-refractivity contribution is 5.71. The molecule has 0 bridgehead atoms. The Balaban J connectivity index is 1.87. The molecule has 0 aromatic heterocycles. The summed E-state index contributed by atoms with van der Waals surface area (Å²) in [5.41, 5.74) is 1.74. The van der Waals surface area contributed by atoms with Gasteiger partial charge in [-0.1, -0.05) is 24.3 Å². The number of hydrogen-bond donors (Lipinski definition) is 1. The molecule has 0 amide bonds. The number of esters is 1. The normalized spacial score (nSPS) is 11.1. The fourth-order valence-corrected chi connectivity index (χ4v) is 2.07. The van der Waals surface area contributed by atoms with Crippen LogP contribution in [0.2, 0.25) is 0 Å². The lowest BCUT2D eigenvalue weighted by molar-refractivity contribution is -0.157. The first-order valence-corrected chi connectivity index (χ1v) is 7.53. The third-order valence-electron chi connectivity index (χ3n) is 3.04. The van der Waals surface area contributed by atoms with E-state index in [0.717, 1.165) is 17.5 Å². The minimum absolute atomic E-state index is 0.103. The zero-order valence-corrected chi connectivity index (χ0v) is 13.7. The van der Waals surface area contributed by atoms with Crippen LogP contribution in [0.5, 0.6) is 11.5 Å². The van der Waals surface area contributed by atoms with Crippen LogP contribution in [-0.4, -0.2) is 23.3 Å². The van der Waals surface area contributed by atoms with E-state index in [2.05, 4.69) is 0 Å². The third kappa shape index (κ3) is 6.02. The molecule has 122 valence electrons. The molecule has 0 saturated carbocycles. The molecule has 0 heterocycles. The largest absolute Gasteiger partial charge is 0.508 e. The second-order valence-corrected chi connectivity index (χ2v) is 6.36. The van der Waals surface area contributed by atoms with Crippen LogP contribution in [0.25, 0.3) is 0 Å². The number of aromatic hydroxyl groups is 1. The average Bonchev–Trinajstić information content (AvgIpc) is 2.47. The van der Waals surface area contributed by atoms with Crippen LogP contribution in [0.15, 0.2) is 48.5 Å². The van der Waals surface area contributed by atoms with Gasteiger partial charge in [0, 0.05) is 0 Å². The number of carbonyl (C=O) groups excluding carboxylic acids is 1. The standard InChI is InChI=1S/C19H22O4/c1-19(2,3)23-18(21)13-22-17-10-6-15(7-11-17)12-14-4-8-16(20)9-5-14/h4-11,20H,12-13H2,1-3H3. The first-order chi connectivity index (χ1) is 10.8. The first kappa shape index (κ1) is 16.9. The van der Waals surface area contributed by atoms with Crippen molar-refractivity contribution in [3.63, 3.8) is 0 Å². The molecular weight excluding hydrogens is 292 g/mol. The Kier molecular flexibility index (Phi) is 5.27. The molecular formula is C19H22O4. The van der Waals surface area contributed by atoms with E-state index in [1.54, 1.807) is 12.1 Å². The summed E-state index contributed by atoms with van der Waals surface area (Å²) >= 11 is 0. The molecule has 4 heteroatoms. The van der Waals surface area contributed by atoms with Gasteiger partial charge in [-0.15, -0.1) is 0 Å². The molecule has 2 aromatic rings. The number of phenolic OH excluding ortho intramolecular Hbond substituents is 1. The Morgan fingerprint density at radius 2 is 1.48 bits per heavy atom. The van der Waals surface area contributed by atoms with E-state index < -0.39 is 5.60 Å². The summed E-state index contributed by atoms with van der Waals surface area (Å²) in [4.78, 5) is 11.6. The predicted molar refractivity (Wildman–Crippen MR) is 88.7 cm³/mol. The van der Waals surface area contributed by atoms with Crippen molar-refractivity contribution in [2.75, 3.05) is 6.61 Å². The topological polar surface area (TPSA) is 55.8 Å². The quantitative estimate of drug-likeness (QED) is 0.855. The Morgan fingerprint density at radius 1 is 0.957 bits per heavy atom. The Morgan fingerprint density at radius 3 is 2.00 bits per heavy atom. The van der Waals surface area contributed by atoms with Gasteiger partial charge in [-0.3, -0.25) is 0 Å². The highest BCUT2D eigenvalue weighted by Gasteiger charge is 2.16. The number of rotatable bonds is 5. The van der Waals surface area contributed by atoms with E-state index in [4.69, 9.17) is 9.47 Å². The van der Waals surface area contributed by atoms with Crippen molar-refractivity contribution in [3.05, 3.63) is 59.7 Å². The minimum Gasteiger partial charge on any atom is -0.508 e. The third-order valence-corrected chi connectivity index (χ3v) is 3.04. The van der Waals surface area contributed by atoms with E-state index >= 15 is 0 Å². The fraction of sp³-hybridized carbons (Fsp3) is 0.316. The number of hydrogen-bond acceptors (Lipinski definition) is 4. The number of phenols is 1. The van der Waals surface area contributed by atoms with Gasteiger partial charge >= 0.3 is 5.97 Å². The summed E-state index contributed by atoms with van der Waals surface area (Å²) in [5.74, 6) is 0.510. The van der Waals surface area contributed by atoms with Gasteiger partial charge < -0.3 is 14.6 Å². The van der Waals surface area contributed by atoms with Gasteiger partial charge in [-0.2, -0.15) is 0 Å². The van der Waals surface area contributed by atoms with Crippen LogP contribution in [-0.2, 0) is 16.0 Å². The molecule has 0 saturated heterocycles. The van der Waals surface area contributed by atoms with Crippen LogP contribution in [0.1, 0.15) is 31.9 Å². The van der Waals surface area contributed by atoms with Gasteiger partial charge in [0.2, 0.25) is 0 Å². The maximum atomic E-state index is 11.6.